The first-order chi connectivity index (χ1) is 15.3. The van der Waals surface area contributed by atoms with Gasteiger partial charge in [0.25, 0.3) is 5.91 Å². The third kappa shape index (κ3) is 3.97. The summed E-state index contributed by atoms with van der Waals surface area (Å²) >= 11 is 0. The summed E-state index contributed by atoms with van der Waals surface area (Å²) in [7, 11) is 0. The van der Waals surface area contributed by atoms with Crippen LogP contribution in [0.5, 0.6) is 11.8 Å². The minimum atomic E-state index is -0.289. The van der Waals surface area contributed by atoms with Crippen LogP contribution in [0.25, 0.3) is 22.2 Å². The number of aromatic nitrogens is 3. The molecule has 7 nitrogen and oxygen atoms in total. The SMILES string of the molecule is O=C(Nc1cnc(Oc2ccccc2)nc1)c1ccc2noc(-c3ccccc3)c2c1. The number of carbonyl (C=O) groups excluding carboxylic acids is 1. The Morgan fingerprint density at radius 1 is 0.871 bits per heavy atom. The second-order valence-corrected chi connectivity index (χ2v) is 6.73. The number of benzene rings is 3. The Labute approximate surface area is 177 Å². The maximum atomic E-state index is 12.8. The van der Waals surface area contributed by atoms with Gasteiger partial charge in [0.05, 0.1) is 23.5 Å². The van der Waals surface area contributed by atoms with Crippen molar-refractivity contribution < 1.29 is 14.1 Å². The van der Waals surface area contributed by atoms with Gasteiger partial charge in [-0.2, -0.15) is 0 Å². The lowest BCUT2D eigenvalue weighted by atomic mass is 10.1. The molecule has 150 valence electrons. The van der Waals surface area contributed by atoms with Crippen molar-refractivity contribution in [2.24, 2.45) is 0 Å². The van der Waals surface area contributed by atoms with Crippen molar-refractivity contribution in [2.45, 2.75) is 0 Å². The topological polar surface area (TPSA) is 90.1 Å². The van der Waals surface area contributed by atoms with Crippen molar-refractivity contribution in [3.8, 4) is 23.1 Å². The van der Waals surface area contributed by atoms with E-state index in [1.807, 2.05) is 60.7 Å². The Morgan fingerprint density at radius 3 is 2.32 bits per heavy atom. The molecule has 7 heteroatoms. The van der Waals surface area contributed by atoms with E-state index in [0.29, 0.717) is 28.3 Å². The van der Waals surface area contributed by atoms with E-state index in [4.69, 9.17) is 9.26 Å². The van der Waals surface area contributed by atoms with Crippen LogP contribution >= 0.6 is 0 Å². The lowest BCUT2D eigenvalue weighted by Crippen LogP contribution is -2.12. The summed E-state index contributed by atoms with van der Waals surface area (Å²) in [6.45, 7) is 0. The highest BCUT2D eigenvalue weighted by Gasteiger charge is 2.14. The largest absolute Gasteiger partial charge is 0.424 e. The van der Waals surface area contributed by atoms with E-state index in [1.165, 1.54) is 12.4 Å². The Morgan fingerprint density at radius 2 is 1.58 bits per heavy atom. The van der Waals surface area contributed by atoms with E-state index in [2.05, 4.69) is 20.4 Å². The Bertz CT molecular complexity index is 1330. The van der Waals surface area contributed by atoms with Gasteiger partial charge in [-0.3, -0.25) is 4.79 Å². The standard InChI is InChI=1S/C24H16N4O3/c29-23(27-18-14-25-24(26-15-18)30-19-9-5-2-6-10-19)17-11-12-21-20(13-17)22(31-28-21)16-7-3-1-4-8-16/h1-15H,(H,27,29). The van der Waals surface area contributed by atoms with Gasteiger partial charge in [0.1, 0.15) is 11.3 Å². The molecule has 0 unspecified atom stereocenters. The summed E-state index contributed by atoms with van der Waals surface area (Å²) in [6, 6.07) is 24.3. The lowest BCUT2D eigenvalue weighted by Gasteiger charge is -2.06. The van der Waals surface area contributed by atoms with Crippen LogP contribution in [0.2, 0.25) is 0 Å². The summed E-state index contributed by atoms with van der Waals surface area (Å²) in [5, 5.41) is 7.64. The van der Waals surface area contributed by atoms with Crippen LogP contribution in [0.4, 0.5) is 5.69 Å². The smallest absolute Gasteiger partial charge is 0.322 e. The minimum Gasteiger partial charge on any atom is -0.424 e. The number of nitrogens with one attached hydrogen (secondary N) is 1. The van der Waals surface area contributed by atoms with Gasteiger partial charge in [-0.15, -0.1) is 0 Å². The van der Waals surface area contributed by atoms with Crippen LogP contribution < -0.4 is 10.1 Å². The number of hydrogen-bond donors (Lipinski definition) is 1. The van der Waals surface area contributed by atoms with E-state index in [0.717, 1.165) is 10.9 Å². The average Bonchev–Trinajstić information content (AvgIpc) is 3.25. The number of amides is 1. The fraction of sp³-hybridized carbons (Fsp3) is 0. The molecule has 0 saturated heterocycles. The number of anilines is 1. The molecule has 0 aliphatic rings. The molecular formula is C24H16N4O3. The molecule has 1 N–H and O–H groups in total. The second-order valence-electron chi connectivity index (χ2n) is 6.73. The van der Waals surface area contributed by atoms with Gasteiger partial charge >= 0.3 is 6.01 Å². The van der Waals surface area contributed by atoms with E-state index in [9.17, 15) is 4.79 Å². The molecule has 1 amide bonds. The van der Waals surface area contributed by atoms with Crippen LogP contribution in [0.15, 0.2) is 95.8 Å². The van der Waals surface area contributed by atoms with E-state index < -0.39 is 0 Å². The van der Waals surface area contributed by atoms with Crippen molar-refractivity contribution in [2.75, 3.05) is 5.32 Å². The fourth-order valence-corrected chi connectivity index (χ4v) is 3.11. The zero-order valence-electron chi connectivity index (χ0n) is 16.2. The number of ether oxygens (including phenoxy) is 1. The molecule has 0 saturated carbocycles. The third-order valence-corrected chi connectivity index (χ3v) is 4.61. The summed E-state index contributed by atoms with van der Waals surface area (Å²) in [5.74, 6) is 0.967. The molecule has 3 aromatic carbocycles. The van der Waals surface area contributed by atoms with Gasteiger partial charge in [0, 0.05) is 11.1 Å². The van der Waals surface area contributed by atoms with Crippen molar-refractivity contribution in [3.05, 3.63) is 96.8 Å². The number of para-hydroxylation sites is 1. The Hall–Kier alpha value is -4.52. The zero-order valence-corrected chi connectivity index (χ0v) is 16.2. The minimum absolute atomic E-state index is 0.197. The predicted octanol–water partition coefficient (Wildman–Crippen LogP) is 5.33. The number of rotatable bonds is 5. The Kier molecular flexibility index (Phi) is 4.82. The number of nitrogens with zero attached hydrogens (tertiary/aromatic N) is 3. The van der Waals surface area contributed by atoms with Gasteiger partial charge in [-0.1, -0.05) is 53.7 Å². The number of carbonyl (C=O) groups is 1. The molecular weight excluding hydrogens is 392 g/mol. The molecule has 0 bridgehead atoms. The maximum Gasteiger partial charge on any atom is 0.322 e. The van der Waals surface area contributed by atoms with Gasteiger partial charge < -0.3 is 14.6 Å². The quantitative estimate of drug-likeness (QED) is 0.423. The lowest BCUT2D eigenvalue weighted by molar-refractivity contribution is 0.102. The summed E-state index contributed by atoms with van der Waals surface area (Å²) in [6.07, 6.45) is 2.99. The molecule has 31 heavy (non-hydrogen) atoms. The first-order valence-electron chi connectivity index (χ1n) is 9.57. The van der Waals surface area contributed by atoms with Crippen LogP contribution in [-0.2, 0) is 0 Å². The molecule has 0 aliphatic heterocycles. The molecule has 0 fully saturated rings. The van der Waals surface area contributed by atoms with Crippen LogP contribution in [-0.4, -0.2) is 21.0 Å². The predicted molar refractivity (Wildman–Crippen MR) is 116 cm³/mol. The highest BCUT2D eigenvalue weighted by molar-refractivity contribution is 6.07. The molecule has 0 spiro atoms. The van der Waals surface area contributed by atoms with Gasteiger partial charge in [-0.05, 0) is 30.3 Å². The van der Waals surface area contributed by atoms with Crippen molar-refractivity contribution in [3.63, 3.8) is 0 Å². The molecule has 2 heterocycles. The van der Waals surface area contributed by atoms with E-state index in [1.54, 1.807) is 18.2 Å². The zero-order chi connectivity index (χ0) is 21.0. The van der Waals surface area contributed by atoms with Crippen LogP contribution in [0.1, 0.15) is 10.4 Å². The highest BCUT2D eigenvalue weighted by atomic mass is 16.5. The molecule has 0 aliphatic carbocycles. The van der Waals surface area contributed by atoms with Gasteiger partial charge in [0.15, 0.2) is 5.76 Å². The normalized spacial score (nSPS) is 10.7. The average molecular weight is 408 g/mol. The summed E-state index contributed by atoms with van der Waals surface area (Å²) in [5.41, 5.74) is 2.50. The first kappa shape index (κ1) is 18.5. The van der Waals surface area contributed by atoms with E-state index >= 15 is 0 Å². The molecule has 5 rings (SSSR count). The fourth-order valence-electron chi connectivity index (χ4n) is 3.11. The van der Waals surface area contributed by atoms with Crippen molar-refractivity contribution in [1.82, 2.24) is 15.1 Å². The first-order valence-corrected chi connectivity index (χ1v) is 9.57. The van der Waals surface area contributed by atoms with Crippen molar-refractivity contribution >= 4 is 22.5 Å². The molecule has 5 aromatic rings. The van der Waals surface area contributed by atoms with E-state index in [-0.39, 0.29) is 11.9 Å². The highest BCUT2D eigenvalue weighted by Crippen LogP contribution is 2.29. The molecule has 0 atom stereocenters. The summed E-state index contributed by atoms with van der Waals surface area (Å²) < 4.78 is 11.1. The van der Waals surface area contributed by atoms with Gasteiger partial charge in [0.2, 0.25) is 0 Å². The molecule has 2 aromatic heterocycles. The number of fused-ring (bicyclic) bond motifs is 1. The van der Waals surface area contributed by atoms with Gasteiger partial charge in [-0.25, -0.2) is 9.97 Å². The Balaban J connectivity index is 1.34. The monoisotopic (exact) mass is 408 g/mol. The second kappa shape index (κ2) is 8.08. The molecule has 0 radical (unpaired) electrons. The van der Waals surface area contributed by atoms with Crippen LogP contribution in [0, 0.1) is 0 Å². The number of hydrogen-bond acceptors (Lipinski definition) is 6. The summed E-state index contributed by atoms with van der Waals surface area (Å²) in [4.78, 5) is 21.0. The van der Waals surface area contributed by atoms with Crippen LogP contribution in [0.3, 0.4) is 0 Å². The third-order valence-electron chi connectivity index (χ3n) is 4.61. The maximum absolute atomic E-state index is 12.8. The van der Waals surface area contributed by atoms with Crippen molar-refractivity contribution in [1.29, 1.82) is 0 Å².